The van der Waals surface area contributed by atoms with E-state index in [-0.39, 0.29) is 30.9 Å². The maximum Gasteiger partial charge on any atom is 0.330 e. The molecule has 3 atom stereocenters. The molecular formula is C11H16ClN3O5. The number of carbonyl (C=O) groups is 1. The van der Waals surface area contributed by atoms with E-state index in [4.69, 9.17) is 10.5 Å². The van der Waals surface area contributed by atoms with E-state index >= 15 is 0 Å². The smallest absolute Gasteiger partial charge is 0.330 e. The number of rotatable bonds is 3. The van der Waals surface area contributed by atoms with Crippen molar-refractivity contribution in [3.05, 3.63) is 32.6 Å². The third-order valence-corrected chi connectivity index (χ3v) is 3.09. The van der Waals surface area contributed by atoms with Crippen LogP contribution >= 0.6 is 12.4 Å². The lowest BCUT2D eigenvalue weighted by atomic mass is 10.2. The summed E-state index contributed by atoms with van der Waals surface area (Å²) in [5, 5.41) is 9.69. The van der Waals surface area contributed by atoms with Crippen LogP contribution in [-0.4, -0.2) is 39.2 Å². The molecule has 0 spiro atoms. The quantitative estimate of drug-likeness (QED) is 0.600. The van der Waals surface area contributed by atoms with Crippen molar-refractivity contribution in [2.24, 2.45) is 5.73 Å². The first-order valence-electron chi connectivity index (χ1n) is 5.84. The molecule has 1 saturated heterocycles. The van der Waals surface area contributed by atoms with Crippen molar-refractivity contribution < 1.29 is 14.6 Å². The van der Waals surface area contributed by atoms with Gasteiger partial charge in [0.25, 0.3) is 5.56 Å². The lowest BCUT2D eigenvalue weighted by molar-refractivity contribution is -0.0152. The Morgan fingerprint density at radius 3 is 2.75 bits per heavy atom. The van der Waals surface area contributed by atoms with Gasteiger partial charge < -0.3 is 15.6 Å². The number of hydrogen-bond acceptors (Lipinski definition) is 6. The number of aliphatic hydroxyl groups excluding tert-OH is 1. The van der Waals surface area contributed by atoms with Gasteiger partial charge in [0.2, 0.25) is 0 Å². The second-order valence-corrected chi connectivity index (χ2v) is 4.43. The number of aromatic amines is 1. The fourth-order valence-electron chi connectivity index (χ4n) is 2.05. The molecule has 2 heterocycles. The van der Waals surface area contributed by atoms with Crippen LogP contribution in [0.3, 0.4) is 0 Å². The van der Waals surface area contributed by atoms with Crippen molar-refractivity contribution in [3.63, 3.8) is 0 Å². The van der Waals surface area contributed by atoms with Crippen LogP contribution in [0, 0.1) is 0 Å². The van der Waals surface area contributed by atoms with Gasteiger partial charge in [-0.25, -0.2) is 4.79 Å². The van der Waals surface area contributed by atoms with E-state index in [1.165, 1.54) is 6.92 Å². The zero-order valence-corrected chi connectivity index (χ0v) is 11.6. The number of nitrogens with two attached hydrogens (primary N) is 1. The Bertz CT molecular complexity index is 611. The van der Waals surface area contributed by atoms with Gasteiger partial charge in [0.15, 0.2) is 5.78 Å². The Kier molecular flexibility index (Phi) is 5.23. The molecule has 112 valence electrons. The predicted molar refractivity (Wildman–Crippen MR) is 72.2 cm³/mol. The molecule has 1 aliphatic rings. The molecule has 1 unspecified atom stereocenters. The first kappa shape index (κ1) is 16.6. The van der Waals surface area contributed by atoms with Gasteiger partial charge in [0.1, 0.15) is 6.23 Å². The Morgan fingerprint density at radius 2 is 2.25 bits per heavy atom. The molecule has 0 radical (unpaired) electrons. The maximum atomic E-state index is 11.7. The Balaban J connectivity index is 0.00000200. The molecule has 0 aliphatic carbocycles. The normalized spacial score (nSPS) is 25.2. The largest absolute Gasteiger partial charge is 0.390 e. The maximum absolute atomic E-state index is 11.7. The summed E-state index contributed by atoms with van der Waals surface area (Å²) in [6.45, 7) is 1.35. The predicted octanol–water partition coefficient (Wildman–Crippen LogP) is -1.23. The molecule has 20 heavy (non-hydrogen) atoms. The van der Waals surface area contributed by atoms with Crippen LogP contribution in [0.25, 0.3) is 0 Å². The van der Waals surface area contributed by atoms with Crippen LogP contribution in [0.2, 0.25) is 0 Å². The van der Waals surface area contributed by atoms with E-state index in [2.05, 4.69) is 4.98 Å². The highest BCUT2D eigenvalue weighted by Crippen LogP contribution is 2.26. The van der Waals surface area contributed by atoms with Gasteiger partial charge >= 0.3 is 5.69 Å². The summed E-state index contributed by atoms with van der Waals surface area (Å²) in [5.74, 6) is -0.455. The SMILES string of the molecule is CC(=O)c1cn([C@@H]2CC(O)[C@H](CN)O2)c(=O)[nH]c1=O.Cl. The summed E-state index contributed by atoms with van der Waals surface area (Å²) in [5.41, 5.74) is 3.87. The van der Waals surface area contributed by atoms with E-state index in [1.54, 1.807) is 0 Å². The number of ether oxygens (including phenoxy) is 1. The van der Waals surface area contributed by atoms with Crippen LogP contribution in [0.5, 0.6) is 0 Å². The van der Waals surface area contributed by atoms with Crippen molar-refractivity contribution in [3.8, 4) is 0 Å². The molecule has 1 aliphatic heterocycles. The fraction of sp³-hybridized carbons (Fsp3) is 0.545. The Hall–Kier alpha value is -1.48. The van der Waals surface area contributed by atoms with Crippen LogP contribution < -0.4 is 17.0 Å². The Morgan fingerprint density at radius 1 is 1.60 bits per heavy atom. The first-order valence-corrected chi connectivity index (χ1v) is 5.84. The van der Waals surface area contributed by atoms with Gasteiger partial charge in [-0.05, 0) is 6.92 Å². The van der Waals surface area contributed by atoms with E-state index in [1.807, 2.05) is 0 Å². The Labute approximate surface area is 120 Å². The molecule has 0 aromatic carbocycles. The number of hydrogen-bond donors (Lipinski definition) is 3. The van der Waals surface area contributed by atoms with Crippen molar-refractivity contribution in [2.75, 3.05) is 6.54 Å². The van der Waals surface area contributed by atoms with Crippen LogP contribution in [-0.2, 0) is 4.74 Å². The zero-order valence-electron chi connectivity index (χ0n) is 10.7. The molecule has 8 nitrogen and oxygen atoms in total. The molecule has 0 bridgehead atoms. The molecule has 0 saturated carbocycles. The van der Waals surface area contributed by atoms with Gasteiger partial charge in [-0.1, -0.05) is 0 Å². The van der Waals surface area contributed by atoms with Crippen LogP contribution in [0.1, 0.15) is 29.9 Å². The summed E-state index contributed by atoms with van der Waals surface area (Å²) >= 11 is 0. The zero-order chi connectivity index (χ0) is 14.2. The minimum Gasteiger partial charge on any atom is -0.390 e. The van der Waals surface area contributed by atoms with Gasteiger partial charge in [0.05, 0.1) is 17.8 Å². The molecule has 2 rings (SSSR count). The van der Waals surface area contributed by atoms with E-state index in [0.717, 1.165) is 10.8 Å². The molecule has 4 N–H and O–H groups in total. The number of Topliss-reactive ketones (excluding diaryl/α,β-unsaturated/α-hetero) is 1. The first-order chi connectivity index (χ1) is 8.93. The lowest BCUT2D eigenvalue weighted by Gasteiger charge is -2.15. The molecule has 1 aromatic rings. The fourth-order valence-corrected chi connectivity index (χ4v) is 2.05. The number of aromatic nitrogens is 2. The van der Waals surface area contributed by atoms with Crippen molar-refractivity contribution >= 4 is 18.2 Å². The summed E-state index contributed by atoms with van der Waals surface area (Å²) < 4.78 is 6.51. The average molecular weight is 306 g/mol. The second-order valence-electron chi connectivity index (χ2n) is 4.43. The molecule has 9 heteroatoms. The average Bonchev–Trinajstić information content (AvgIpc) is 2.69. The van der Waals surface area contributed by atoms with Crippen molar-refractivity contribution in [2.45, 2.75) is 31.8 Å². The number of H-pyrrole nitrogens is 1. The monoisotopic (exact) mass is 305 g/mol. The third-order valence-electron chi connectivity index (χ3n) is 3.09. The number of aliphatic hydroxyl groups is 1. The molecule has 1 aromatic heterocycles. The number of nitrogens with one attached hydrogen (secondary N) is 1. The van der Waals surface area contributed by atoms with E-state index in [0.29, 0.717) is 0 Å². The van der Waals surface area contributed by atoms with Gasteiger partial charge in [0, 0.05) is 19.2 Å². The number of halogens is 1. The molecule has 1 fully saturated rings. The summed E-state index contributed by atoms with van der Waals surface area (Å²) in [6, 6.07) is 0. The van der Waals surface area contributed by atoms with E-state index < -0.39 is 35.5 Å². The van der Waals surface area contributed by atoms with Gasteiger partial charge in [-0.15, -0.1) is 12.4 Å². The summed E-state index contributed by atoms with van der Waals surface area (Å²) in [7, 11) is 0. The highest BCUT2D eigenvalue weighted by molar-refractivity contribution is 5.93. The van der Waals surface area contributed by atoms with Gasteiger partial charge in [-0.2, -0.15) is 0 Å². The summed E-state index contributed by atoms with van der Waals surface area (Å²) in [4.78, 5) is 36.5. The standard InChI is InChI=1S/C11H15N3O5.ClH/c1-5(15)6-4-14(11(18)13-10(6)17)9-2-7(16)8(3-12)19-9;/h4,7-9,16H,2-3,12H2,1H3,(H,13,17,18);1H/t7?,8-,9-;/m0./s1. The number of carbonyl (C=O) groups excluding carboxylic acids is 1. The van der Waals surface area contributed by atoms with Crippen LogP contribution in [0.15, 0.2) is 15.8 Å². The molecular weight excluding hydrogens is 290 g/mol. The minimum absolute atomic E-state index is 0. The highest BCUT2D eigenvalue weighted by Gasteiger charge is 2.34. The second kappa shape index (κ2) is 6.31. The highest BCUT2D eigenvalue weighted by atomic mass is 35.5. The van der Waals surface area contributed by atoms with Crippen LogP contribution in [0.4, 0.5) is 0 Å². The third kappa shape index (κ3) is 2.98. The lowest BCUT2D eigenvalue weighted by Crippen LogP contribution is -2.35. The topological polar surface area (TPSA) is 127 Å². The number of ketones is 1. The van der Waals surface area contributed by atoms with Crippen molar-refractivity contribution in [1.29, 1.82) is 0 Å². The summed E-state index contributed by atoms with van der Waals surface area (Å²) in [6.07, 6.45) is -0.768. The van der Waals surface area contributed by atoms with E-state index in [9.17, 15) is 19.5 Å². The minimum atomic E-state index is -0.783. The molecule has 0 amide bonds. The number of nitrogens with zero attached hydrogens (tertiary/aromatic N) is 1. The van der Waals surface area contributed by atoms with Gasteiger partial charge in [-0.3, -0.25) is 19.1 Å². The van der Waals surface area contributed by atoms with Crippen molar-refractivity contribution in [1.82, 2.24) is 9.55 Å².